The molecule has 5 heteroatoms. The molecular weight excluding hydrogens is 296 g/mol. The van der Waals surface area contributed by atoms with Crippen LogP contribution in [-0.4, -0.2) is 34.2 Å². The molecule has 1 aromatic rings. The molecule has 0 spiro atoms. The van der Waals surface area contributed by atoms with Gasteiger partial charge in [0.25, 0.3) is 0 Å². The van der Waals surface area contributed by atoms with E-state index in [0.717, 1.165) is 36.0 Å². The maximum atomic E-state index is 10.0. The van der Waals surface area contributed by atoms with E-state index in [4.69, 9.17) is 4.74 Å². The number of hydrogen-bond donors (Lipinski definition) is 1. The number of aliphatic hydroxyl groups is 1. The number of halogens is 1. The summed E-state index contributed by atoms with van der Waals surface area (Å²) in [5.41, 5.74) is 2.28. The SMILES string of the molecule is CCc1nn(CC)c(CC2COCCC2O)c1Br. The Labute approximate surface area is 116 Å². The highest BCUT2D eigenvalue weighted by Gasteiger charge is 2.27. The summed E-state index contributed by atoms with van der Waals surface area (Å²) in [6.45, 7) is 6.37. The van der Waals surface area contributed by atoms with Crippen molar-refractivity contribution in [3.05, 3.63) is 15.9 Å². The van der Waals surface area contributed by atoms with Crippen molar-refractivity contribution >= 4 is 15.9 Å². The third-order valence-corrected chi connectivity index (χ3v) is 4.50. The first-order chi connectivity index (χ1) is 8.67. The first kappa shape index (κ1) is 14.0. The van der Waals surface area contributed by atoms with Crippen LogP contribution >= 0.6 is 15.9 Å². The van der Waals surface area contributed by atoms with Crippen molar-refractivity contribution in [2.24, 2.45) is 5.92 Å². The van der Waals surface area contributed by atoms with Gasteiger partial charge in [0.1, 0.15) is 0 Å². The van der Waals surface area contributed by atoms with Gasteiger partial charge in [0, 0.05) is 19.1 Å². The number of aromatic nitrogens is 2. The van der Waals surface area contributed by atoms with Crippen LogP contribution in [0, 0.1) is 5.92 Å². The van der Waals surface area contributed by atoms with Crippen LogP contribution in [0.2, 0.25) is 0 Å². The third kappa shape index (κ3) is 2.78. The predicted molar refractivity (Wildman–Crippen MR) is 73.6 cm³/mol. The van der Waals surface area contributed by atoms with E-state index < -0.39 is 0 Å². The average molecular weight is 317 g/mol. The molecule has 0 amide bonds. The molecule has 102 valence electrons. The lowest BCUT2D eigenvalue weighted by Crippen LogP contribution is -2.33. The second-order valence-electron chi connectivity index (χ2n) is 4.77. The molecule has 0 bridgehead atoms. The van der Waals surface area contributed by atoms with Crippen molar-refractivity contribution in [2.45, 2.75) is 45.8 Å². The largest absolute Gasteiger partial charge is 0.393 e. The van der Waals surface area contributed by atoms with E-state index in [1.807, 2.05) is 4.68 Å². The molecule has 1 aliphatic rings. The van der Waals surface area contributed by atoms with Crippen LogP contribution in [0.4, 0.5) is 0 Å². The molecule has 1 N–H and O–H groups in total. The van der Waals surface area contributed by atoms with E-state index in [1.165, 1.54) is 5.69 Å². The molecule has 0 saturated carbocycles. The number of ether oxygens (including phenoxy) is 1. The highest BCUT2D eigenvalue weighted by molar-refractivity contribution is 9.10. The highest BCUT2D eigenvalue weighted by Crippen LogP contribution is 2.27. The van der Waals surface area contributed by atoms with Gasteiger partial charge in [0.15, 0.2) is 0 Å². The summed E-state index contributed by atoms with van der Waals surface area (Å²) < 4.78 is 8.60. The van der Waals surface area contributed by atoms with E-state index in [-0.39, 0.29) is 12.0 Å². The summed E-state index contributed by atoms with van der Waals surface area (Å²) in [4.78, 5) is 0. The first-order valence-corrected chi connectivity index (χ1v) is 7.46. The third-order valence-electron chi connectivity index (χ3n) is 3.58. The Kier molecular flexibility index (Phi) is 4.81. The van der Waals surface area contributed by atoms with E-state index in [9.17, 15) is 5.11 Å². The zero-order chi connectivity index (χ0) is 13.1. The van der Waals surface area contributed by atoms with Gasteiger partial charge in [-0.1, -0.05) is 6.92 Å². The van der Waals surface area contributed by atoms with Crippen LogP contribution in [0.5, 0.6) is 0 Å². The van der Waals surface area contributed by atoms with Gasteiger partial charge in [-0.3, -0.25) is 4.68 Å². The van der Waals surface area contributed by atoms with Gasteiger partial charge in [0.2, 0.25) is 0 Å². The summed E-state index contributed by atoms with van der Waals surface area (Å²) in [5, 5.41) is 14.6. The zero-order valence-corrected chi connectivity index (χ0v) is 12.6. The molecule has 18 heavy (non-hydrogen) atoms. The molecular formula is C13H21BrN2O2. The fraction of sp³-hybridized carbons (Fsp3) is 0.769. The van der Waals surface area contributed by atoms with Crippen LogP contribution in [0.25, 0.3) is 0 Å². The van der Waals surface area contributed by atoms with Crippen LogP contribution in [0.3, 0.4) is 0 Å². The second kappa shape index (κ2) is 6.17. The Balaban J connectivity index is 2.19. The number of rotatable bonds is 4. The summed E-state index contributed by atoms with van der Waals surface area (Å²) in [7, 11) is 0. The van der Waals surface area contributed by atoms with Gasteiger partial charge in [-0.25, -0.2) is 0 Å². The minimum Gasteiger partial charge on any atom is -0.393 e. The van der Waals surface area contributed by atoms with Gasteiger partial charge in [0.05, 0.1) is 28.6 Å². The molecule has 0 aliphatic carbocycles. The van der Waals surface area contributed by atoms with E-state index >= 15 is 0 Å². The molecule has 0 aromatic carbocycles. The number of nitrogens with zero attached hydrogens (tertiary/aromatic N) is 2. The first-order valence-electron chi connectivity index (χ1n) is 6.67. The summed E-state index contributed by atoms with van der Waals surface area (Å²) in [5.74, 6) is 0.182. The molecule has 2 heterocycles. The molecule has 1 aromatic heterocycles. The zero-order valence-electron chi connectivity index (χ0n) is 11.0. The standard InChI is InChI=1S/C13H21BrN2O2/c1-3-10-13(14)11(16(4-2)15-10)7-9-8-18-6-5-12(9)17/h9,12,17H,3-8H2,1-2H3. The van der Waals surface area contributed by atoms with Crippen LogP contribution < -0.4 is 0 Å². The maximum Gasteiger partial charge on any atom is 0.0766 e. The quantitative estimate of drug-likeness (QED) is 0.926. The van der Waals surface area contributed by atoms with Crippen molar-refractivity contribution in [3.63, 3.8) is 0 Å². The smallest absolute Gasteiger partial charge is 0.0766 e. The predicted octanol–water partition coefficient (Wildman–Crippen LogP) is 2.17. The Morgan fingerprint density at radius 2 is 2.28 bits per heavy atom. The van der Waals surface area contributed by atoms with E-state index in [2.05, 4.69) is 34.9 Å². The minimum absolute atomic E-state index is 0.182. The van der Waals surface area contributed by atoms with Gasteiger partial charge in [-0.15, -0.1) is 0 Å². The van der Waals surface area contributed by atoms with Crippen LogP contribution in [0.1, 0.15) is 31.7 Å². The maximum absolute atomic E-state index is 10.0. The summed E-state index contributed by atoms with van der Waals surface area (Å²) >= 11 is 3.64. The normalized spacial score (nSPS) is 24.4. The molecule has 2 unspecified atom stereocenters. The molecule has 1 fully saturated rings. The molecule has 1 saturated heterocycles. The highest BCUT2D eigenvalue weighted by atomic mass is 79.9. The molecule has 2 rings (SSSR count). The average Bonchev–Trinajstić information content (AvgIpc) is 2.69. The minimum atomic E-state index is -0.254. The van der Waals surface area contributed by atoms with Gasteiger partial charge < -0.3 is 9.84 Å². The van der Waals surface area contributed by atoms with Crippen molar-refractivity contribution in [1.29, 1.82) is 0 Å². The van der Waals surface area contributed by atoms with Crippen molar-refractivity contribution in [3.8, 4) is 0 Å². The van der Waals surface area contributed by atoms with Gasteiger partial charge in [-0.05, 0) is 42.1 Å². The fourth-order valence-electron chi connectivity index (χ4n) is 2.44. The van der Waals surface area contributed by atoms with Crippen LogP contribution in [0.15, 0.2) is 4.47 Å². The Hall–Kier alpha value is -0.390. The number of aryl methyl sites for hydroxylation is 2. The van der Waals surface area contributed by atoms with Crippen molar-refractivity contribution in [2.75, 3.05) is 13.2 Å². The number of aliphatic hydroxyl groups excluding tert-OH is 1. The van der Waals surface area contributed by atoms with Crippen molar-refractivity contribution in [1.82, 2.24) is 9.78 Å². The number of hydrogen-bond acceptors (Lipinski definition) is 3. The molecule has 2 atom stereocenters. The molecule has 4 nitrogen and oxygen atoms in total. The topological polar surface area (TPSA) is 47.3 Å². The van der Waals surface area contributed by atoms with Crippen LogP contribution in [-0.2, 0) is 24.1 Å². The Bertz CT molecular complexity index is 406. The lowest BCUT2D eigenvalue weighted by atomic mass is 9.93. The van der Waals surface area contributed by atoms with E-state index in [1.54, 1.807) is 0 Å². The summed E-state index contributed by atoms with van der Waals surface area (Å²) in [6.07, 6.45) is 2.23. The Morgan fingerprint density at radius 1 is 1.50 bits per heavy atom. The lowest BCUT2D eigenvalue weighted by molar-refractivity contribution is -0.0357. The molecule has 0 radical (unpaired) electrons. The van der Waals surface area contributed by atoms with Gasteiger partial charge in [-0.2, -0.15) is 5.10 Å². The molecule has 1 aliphatic heterocycles. The van der Waals surface area contributed by atoms with Gasteiger partial charge >= 0.3 is 0 Å². The fourth-order valence-corrected chi connectivity index (χ4v) is 3.17. The lowest BCUT2D eigenvalue weighted by Gasteiger charge is -2.27. The Morgan fingerprint density at radius 3 is 2.89 bits per heavy atom. The van der Waals surface area contributed by atoms with Crippen molar-refractivity contribution < 1.29 is 9.84 Å². The monoisotopic (exact) mass is 316 g/mol. The van der Waals surface area contributed by atoms with E-state index in [0.29, 0.717) is 13.2 Å². The summed E-state index contributed by atoms with van der Waals surface area (Å²) in [6, 6.07) is 0. The second-order valence-corrected chi connectivity index (χ2v) is 5.56.